The first kappa shape index (κ1) is 30.1. The lowest BCUT2D eigenvalue weighted by molar-refractivity contribution is 0.0703. The van der Waals surface area contributed by atoms with Crippen molar-refractivity contribution in [3.05, 3.63) is 0 Å². The van der Waals surface area contributed by atoms with E-state index in [-0.39, 0.29) is 0 Å². The quantitative estimate of drug-likeness (QED) is 0.132. The fourth-order valence-electron chi connectivity index (χ4n) is 2.94. The third kappa shape index (κ3) is 13.3. The van der Waals surface area contributed by atoms with Crippen LogP contribution in [0.15, 0.2) is 0 Å². The van der Waals surface area contributed by atoms with E-state index in [1.54, 1.807) is 0 Å². The van der Waals surface area contributed by atoms with Crippen LogP contribution in [0.2, 0.25) is 12.1 Å². The highest BCUT2D eigenvalue weighted by Gasteiger charge is 2.41. The predicted octanol–water partition coefficient (Wildman–Crippen LogP) is 3.94. The molecule has 0 aliphatic carbocycles. The fraction of sp³-hybridized carbons (Fsp3) is 1.00. The standard InChI is InChI=1S/C18H44O6S2Si3/c1-7-19-28(20-8-2,21-9-3)16-13-15-25-26-18(27)14-17-29(22-10-4,23-11-5)24-12-6/h18H,7-17H2,1-6,27H3. The van der Waals surface area contributed by atoms with Crippen molar-refractivity contribution < 1.29 is 26.6 Å². The largest absolute Gasteiger partial charge is 0.500 e. The molecule has 1 atom stereocenters. The summed E-state index contributed by atoms with van der Waals surface area (Å²) in [6.45, 7) is 15.9. The highest BCUT2D eigenvalue weighted by atomic mass is 33.1. The fourth-order valence-corrected chi connectivity index (χ4v) is 13.3. The Labute approximate surface area is 192 Å². The molecule has 0 amide bonds. The molecule has 0 fully saturated rings. The molecule has 6 nitrogen and oxygen atoms in total. The SMILES string of the molecule is CCO[Si](CCCSSC([SiH3])CC[Si](OCC)(OCC)OCC)(OCC)OCC. The summed E-state index contributed by atoms with van der Waals surface area (Å²) in [6.07, 6.45) is 2.14. The summed E-state index contributed by atoms with van der Waals surface area (Å²) in [5.74, 6) is 1.08. The summed E-state index contributed by atoms with van der Waals surface area (Å²) in [4.78, 5) is 0.654. The first-order valence-corrected chi connectivity index (χ1v) is 18.5. The van der Waals surface area contributed by atoms with Crippen LogP contribution in [0.3, 0.4) is 0 Å². The van der Waals surface area contributed by atoms with Gasteiger partial charge in [0.1, 0.15) is 0 Å². The molecule has 0 heterocycles. The maximum absolute atomic E-state index is 5.97. The van der Waals surface area contributed by atoms with Crippen molar-refractivity contribution in [2.75, 3.05) is 45.4 Å². The Kier molecular flexibility index (Phi) is 19.4. The van der Waals surface area contributed by atoms with E-state index < -0.39 is 17.6 Å². The molecule has 1 unspecified atom stereocenters. The highest BCUT2D eigenvalue weighted by molar-refractivity contribution is 8.77. The molecule has 0 aromatic heterocycles. The smallest absolute Gasteiger partial charge is 0.374 e. The first-order chi connectivity index (χ1) is 14.0. The molecule has 0 spiro atoms. The lowest BCUT2D eigenvalue weighted by atomic mass is 10.6. The summed E-state index contributed by atoms with van der Waals surface area (Å²) in [7, 11) is 0.0676. The molecule has 11 heteroatoms. The van der Waals surface area contributed by atoms with Crippen molar-refractivity contribution in [1.82, 2.24) is 0 Å². The first-order valence-electron chi connectivity index (χ1n) is 11.1. The molecule has 0 rings (SSSR count). The van der Waals surface area contributed by atoms with E-state index in [9.17, 15) is 0 Å². The third-order valence-corrected chi connectivity index (χ3v) is 15.6. The van der Waals surface area contributed by atoms with E-state index in [2.05, 4.69) is 0 Å². The highest BCUT2D eigenvalue weighted by Crippen LogP contribution is 2.32. The van der Waals surface area contributed by atoms with Gasteiger partial charge < -0.3 is 26.6 Å². The second-order valence-electron chi connectivity index (χ2n) is 6.34. The van der Waals surface area contributed by atoms with Crippen molar-refractivity contribution in [1.29, 1.82) is 0 Å². The van der Waals surface area contributed by atoms with Gasteiger partial charge in [0.05, 0.1) is 0 Å². The zero-order chi connectivity index (χ0) is 22.0. The number of rotatable bonds is 21. The summed E-state index contributed by atoms with van der Waals surface area (Å²) in [5.41, 5.74) is 0. The second kappa shape index (κ2) is 18.7. The van der Waals surface area contributed by atoms with E-state index >= 15 is 0 Å². The average molecular weight is 505 g/mol. The molecule has 0 aliphatic heterocycles. The molecule has 0 aromatic carbocycles. The molecule has 176 valence electrons. The third-order valence-electron chi connectivity index (χ3n) is 3.99. The molecular formula is C18H44O6S2Si3. The van der Waals surface area contributed by atoms with Crippen molar-refractivity contribution in [3.8, 4) is 0 Å². The molecule has 0 aliphatic rings. The van der Waals surface area contributed by atoms with Gasteiger partial charge in [0.25, 0.3) is 0 Å². The summed E-state index contributed by atoms with van der Waals surface area (Å²) in [5, 5.41) is 0. The normalized spacial score (nSPS) is 13.9. The zero-order valence-electron chi connectivity index (χ0n) is 19.6. The Morgan fingerprint density at radius 2 is 1.03 bits per heavy atom. The molecular weight excluding hydrogens is 461 g/mol. The van der Waals surface area contributed by atoms with Crippen LogP contribution in [0.4, 0.5) is 0 Å². The van der Waals surface area contributed by atoms with E-state index in [0.29, 0.717) is 44.5 Å². The average Bonchev–Trinajstić information content (AvgIpc) is 2.67. The maximum atomic E-state index is 5.97. The van der Waals surface area contributed by atoms with Gasteiger partial charge in [-0.15, -0.1) is 0 Å². The summed E-state index contributed by atoms with van der Waals surface area (Å²) >= 11 is 0. The van der Waals surface area contributed by atoms with Gasteiger partial charge in [-0.2, -0.15) is 0 Å². The minimum atomic E-state index is -2.51. The lowest BCUT2D eigenvalue weighted by Gasteiger charge is -2.29. The Hall–Kier alpha value is 1.11. The van der Waals surface area contributed by atoms with Crippen molar-refractivity contribution in [2.45, 2.75) is 71.3 Å². The maximum Gasteiger partial charge on any atom is 0.500 e. The van der Waals surface area contributed by atoms with E-state index in [1.165, 1.54) is 0 Å². The molecule has 0 saturated heterocycles. The van der Waals surface area contributed by atoms with Gasteiger partial charge in [-0.05, 0) is 59.3 Å². The minimum absolute atomic E-state index is 0.641. The van der Waals surface area contributed by atoms with Gasteiger partial charge >= 0.3 is 17.6 Å². The predicted molar refractivity (Wildman–Crippen MR) is 134 cm³/mol. The molecule has 0 radical (unpaired) electrons. The Bertz CT molecular complexity index is 351. The minimum Gasteiger partial charge on any atom is -0.374 e. The zero-order valence-corrected chi connectivity index (χ0v) is 25.3. The van der Waals surface area contributed by atoms with E-state index in [4.69, 9.17) is 26.6 Å². The second-order valence-corrected chi connectivity index (χ2v) is 17.0. The van der Waals surface area contributed by atoms with Crippen LogP contribution in [0.5, 0.6) is 0 Å². The molecule has 0 bridgehead atoms. The molecule has 0 N–H and O–H groups in total. The number of hydrogen-bond acceptors (Lipinski definition) is 8. The van der Waals surface area contributed by atoms with Crippen LogP contribution in [0, 0.1) is 0 Å². The van der Waals surface area contributed by atoms with Gasteiger partial charge in [0.2, 0.25) is 0 Å². The molecule has 0 aromatic rings. The van der Waals surface area contributed by atoms with Gasteiger partial charge in [0, 0.05) is 67.7 Å². The lowest BCUT2D eigenvalue weighted by Crippen LogP contribution is -2.46. The summed E-state index contributed by atoms with van der Waals surface area (Å²) in [6, 6.07) is 1.79. The van der Waals surface area contributed by atoms with E-state index in [0.717, 1.165) is 40.9 Å². The van der Waals surface area contributed by atoms with Crippen LogP contribution in [-0.2, 0) is 26.6 Å². The Morgan fingerprint density at radius 3 is 1.41 bits per heavy atom. The summed E-state index contributed by atoms with van der Waals surface area (Å²) < 4.78 is 35.7. The van der Waals surface area contributed by atoms with Gasteiger partial charge in [0.15, 0.2) is 0 Å². The van der Waals surface area contributed by atoms with Crippen molar-refractivity contribution in [3.63, 3.8) is 0 Å². The number of hydrogen-bond donors (Lipinski definition) is 0. The van der Waals surface area contributed by atoms with Crippen LogP contribution >= 0.6 is 21.6 Å². The van der Waals surface area contributed by atoms with Crippen LogP contribution < -0.4 is 0 Å². The molecule has 29 heavy (non-hydrogen) atoms. The molecule has 0 saturated carbocycles. The van der Waals surface area contributed by atoms with Crippen molar-refractivity contribution in [2.24, 2.45) is 0 Å². The Morgan fingerprint density at radius 1 is 0.655 bits per heavy atom. The van der Waals surface area contributed by atoms with Gasteiger partial charge in [-0.3, -0.25) is 0 Å². The Balaban J connectivity index is 4.34. The van der Waals surface area contributed by atoms with Gasteiger partial charge in [-0.1, -0.05) is 21.6 Å². The van der Waals surface area contributed by atoms with Crippen LogP contribution in [0.25, 0.3) is 0 Å². The van der Waals surface area contributed by atoms with Crippen molar-refractivity contribution >= 4 is 49.4 Å². The van der Waals surface area contributed by atoms with Crippen LogP contribution in [0.1, 0.15) is 54.4 Å². The topological polar surface area (TPSA) is 55.4 Å². The monoisotopic (exact) mass is 504 g/mol. The van der Waals surface area contributed by atoms with Crippen LogP contribution in [-0.4, -0.2) is 78.1 Å². The van der Waals surface area contributed by atoms with Gasteiger partial charge in [-0.25, -0.2) is 0 Å². The van der Waals surface area contributed by atoms with E-state index in [1.807, 2.05) is 63.1 Å².